The zero-order valence-corrected chi connectivity index (χ0v) is 19.7. The molecule has 174 valence electrons. The summed E-state index contributed by atoms with van der Waals surface area (Å²) < 4.78 is 0. The first-order valence-electron chi connectivity index (χ1n) is 11.8. The first-order valence-corrected chi connectivity index (χ1v) is 11.8. The van der Waals surface area contributed by atoms with Gasteiger partial charge in [0.1, 0.15) is 0 Å². The second-order valence-corrected chi connectivity index (χ2v) is 10.5. The van der Waals surface area contributed by atoms with E-state index in [0.29, 0.717) is 0 Å². The summed E-state index contributed by atoms with van der Waals surface area (Å²) in [6, 6.07) is 4.83. The van der Waals surface area contributed by atoms with Crippen LogP contribution in [-0.4, -0.2) is 47.9 Å². The average Bonchev–Trinajstić information content (AvgIpc) is 2.68. The van der Waals surface area contributed by atoms with Crippen LogP contribution in [0.25, 0.3) is 0 Å². The minimum Gasteiger partial charge on any atom is -0.332 e. The molecule has 3 N–H and O–H groups in total. The molecular formula is C25H36N4O3. The van der Waals surface area contributed by atoms with E-state index < -0.39 is 18.0 Å². The topological polar surface area (TPSA) is 90.5 Å². The number of likely N-dealkylation sites (N-methyl/N-ethyl adjacent to an activating group) is 1. The summed E-state index contributed by atoms with van der Waals surface area (Å²) in [6.07, 6.45) is 7.01. The second kappa shape index (κ2) is 8.85. The highest BCUT2D eigenvalue weighted by Gasteiger charge is 2.51. The van der Waals surface area contributed by atoms with Crippen molar-refractivity contribution in [1.29, 1.82) is 0 Å². The molecule has 0 spiro atoms. The summed E-state index contributed by atoms with van der Waals surface area (Å²) in [6.45, 7) is 5.66. The molecule has 5 rings (SSSR count). The minimum absolute atomic E-state index is 0.0545. The van der Waals surface area contributed by atoms with Gasteiger partial charge in [0.15, 0.2) is 0 Å². The van der Waals surface area contributed by atoms with Crippen LogP contribution in [0.1, 0.15) is 56.6 Å². The Morgan fingerprint density at radius 3 is 2.09 bits per heavy atom. The van der Waals surface area contributed by atoms with Gasteiger partial charge in [-0.15, -0.1) is 0 Å². The van der Waals surface area contributed by atoms with E-state index in [1.165, 1.54) is 19.3 Å². The van der Waals surface area contributed by atoms with E-state index in [4.69, 9.17) is 0 Å². The fraction of sp³-hybridized carbons (Fsp3) is 0.640. The summed E-state index contributed by atoms with van der Waals surface area (Å²) in [5.41, 5.74) is 2.65. The molecule has 4 fully saturated rings. The maximum absolute atomic E-state index is 12.7. The lowest BCUT2D eigenvalue weighted by Crippen LogP contribution is -2.62. The van der Waals surface area contributed by atoms with Crippen molar-refractivity contribution in [2.75, 3.05) is 18.9 Å². The average molecular weight is 441 g/mol. The lowest BCUT2D eigenvalue weighted by Gasteiger charge is -2.56. The Morgan fingerprint density at radius 2 is 1.56 bits per heavy atom. The Balaban J connectivity index is 1.27. The number of urea groups is 1. The van der Waals surface area contributed by atoms with Crippen molar-refractivity contribution in [3.63, 3.8) is 0 Å². The van der Waals surface area contributed by atoms with E-state index >= 15 is 0 Å². The van der Waals surface area contributed by atoms with E-state index in [0.717, 1.165) is 53.8 Å². The van der Waals surface area contributed by atoms with Crippen molar-refractivity contribution < 1.29 is 14.4 Å². The Morgan fingerprint density at radius 1 is 1.03 bits per heavy atom. The van der Waals surface area contributed by atoms with Crippen LogP contribution < -0.4 is 16.0 Å². The first-order chi connectivity index (χ1) is 15.1. The molecule has 4 saturated carbocycles. The Labute approximate surface area is 190 Å². The van der Waals surface area contributed by atoms with Crippen molar-refractivity contribution in [2.45, 2.75) is 70.9 Å². The van der Waals surface area contributed by atoms with E-state index in [1.807, 2.05) is 32.0 Å². The molecule has 4 aliphatic rings. The third kappa shape index (κ3) is 4.82. The summed E-state index contributed by atoms with van der Waals surface area (Å²) in [4.78, 5) is 39.5. The molecule has 1 unspecified atom stereocenters. The highest BCUT2D eigenvalue weighted by Crippen LogP contribution is 2.55. The number of carbonyl (C=O) groups is 3. The molecule has 7 heteroatoms. The van der Waals surface area contributed by atoms with Gasteiger partial charge in [0.2, 0.25) is 11.8 Å². The molecule has 4 bridgehead atoms. The van der Waals surface area contributed by atoms with Crippen LogP contribution in [0.5, 0.6) is 0 Å². The summed E-state index contributed by atoms with van der Waals surface area (Å²) in [5.74, 6) is 1.57. The lowest BCUT2D eigenvalue weighted by atomic mass is 9.53. The number of aryl methyl sites for hydroxylation is 2. The SMILES string of the molecule is Cc1cccc(C)c1NC(=O)CN(C)C(C)C(=O)NC(=O)NC12CC3CC(CC(C3)C1)C2. The molecule has 4 amide bonds. The van der Waals surface area contributed by atoms with E-state index in [-0.39, 0.29) is 18.0 Å². The van der Waals surface area contributed by atoms with Crippen LogP contribution in [0.3, 0.4) is 0 Å². The maximum Gasteiger partial charge on any atom is 0.321 e. The van der Waals surface area contributed by atoms with E-state index in [2.05, 4.69) is 16.0 Å². The van der Waals surface area contributed by atoms with Gasteiger partial charge in [-0.25, -0.2) is 4.79 Å². The number of amides is 4. The van der Waals surface area contributed by atoms with E-state index in [9.17, 15) is 14.4 Å². The summed E-state index contributed by atoms with van der Waals surface area (Å²) in [5, 5.41) is 8.62. The molecule has 1 aromatic rings. The molecular weight excluding hydrogens is 404 g/mol. The minimum atomic E-state index is -0.610. The molecule has 7 nitrogen and oxygen atoms in total. The number of nitrogens with zero attached hydrogens (tertiary/aromatic N) is 1. The fourth-order valence-corrected chi connectivity index (χ4v) is 6.51. The van der Waals surface area contributed by atoms with Gasteiger partial charge in [-0.1, -0.05) is 18.2 Å². The number of hydrogen-bond donors (Lipinski definition) is 3. The molecule has 0 aromatic heterocycles. The van der Waals surface area contributed by atoms with E-state index in [1.54, 1.807) is 18.9 Å². The smallest absolute Gasteiger partial charge is 0.321 e. The van der Waals surface area contributed by atoms with Gasteiger partial charge in [-0.2, -0.15) is 0 Å². The second-order valence-electron chi connectivity index (χ2n) is 10.5. The van der Waals surface area contributed by atoms with Crippen molar-refractivity contribution in [1.82, 2.24) is 15.5 Å². The first kappa shape index (κ1) is 22.8. The van der Waals surface area contributed by atoms with Gasteiger partial charge in [0.25, 0.3) is 0 Å². The zero-order valence-electron chi connectivity index (χ0n) is 19.7. The van der Waals surface area contributed by atoms with Crippen LogP contribution in [0.15, 0.2) is 18.2 Å². The molecule has 0 saturated heterocycles. The Kier molecular flexibility index (Phi) is 6.30. The van der Waals surface area contributed by atoms with Gasteiger partial charge < -0.3 is 10.6 Å². The zero-order chi connectivity index (χ0) is 23.0. The number of benzene rings is 1. The molecule has 32 heavy (non-hydrogen) atoms. The molecule has 0 aliphatic heterocycles. The third-order valence-corrected chi connectivity index (χ3v) is 7.83. The van der Waals surface area contributed by atoms with Gasteiger partial charge in [-0.05, 0) is 95.2 Å². The van der Waals surface area contributed by atoms with Crippen molar-refractivity contribution in [3.8, 4) is 0 Å². The highest BCUT2D eigenvalue weighted by molar-refractivity contribution is 5.98. The number of carbonyl (C=O) groups excluding carboxylic acids is 3. The number of rotatable bonds is 6. The lowest BCUT2D eigenvalue weighted by molar-refractivity contribution is -0.125. The van der Waals surface area contributed by atoms with Crippen LogP contribution >= 0.6 is 0 Å². The monoisotopic (exact) mass is 440 g/mol. The predicted octanol–water partition coefficient (Wildman–Crippen LogP) is 3.36. The van der Waals surface area contributed by atoms with Crippen LogP contribution in [0.4, 0.5) is 10.5 Å². The number of para-hydroxylation sites is 1. The Hall–Kier alpha value is -2.41. The summed E-state index contributed by atoms with van der Waals surface area (Å²) in [7, 11) is 1.71. The maximum atomic E-state index is 12.7. The highest BCUT2D eigenvalue weighted by atomic mass is 16.2. The Bertz CT molecular complexity index is 857. The molecule has 1 atom stereocenters. The standard InChI is InChI=1S/C25H36N4O3/c1-15-6-5-7-16(2)22(15)26-21(30)14-29(4)17(3)23(31)27-24(32)28-25-11-18-8-19(12-25)10-20(9-18)13-25/h5-7,17-20H,8-14H2,1-4H3,(H,26,30)(H2,27,28,31,32). The van der Waals surface area contributed by atoms with Crippen LogP contribution in [0, 0.1) is 31.6 Å². The fourth-order valence-electron chi connectivity index (χ4n) is 6.51. The largest absolute Gasteiger partial charge is 0.332 e. The number of hydrogen-bond acceptors (Lipinski definition) is 4. The van der Waals surface area contributed by atoms with Gasteiger partial charge in [0, 0.05) is 11.2 Å². The van der Waals surface area contributed by atoms with Crippen molar-refractivity contribution in [2.24, 2.45) is 17.8 Å². The number of nitrogens with one attached hydrogen (secondary N) is 3. The predicted molar refractivity (Wildman–Crippen MR) is 124 cm³/mol. The van der Waals surface area contributed by atoms with Crippen molar-refractivity contribution >= 4 is 23.5 Å². The molecule has 1 aromatic carbocycles. The normalized spacial score (nSPS) is 29.0. The number of imide groups is 1. The van der Waals surface area contributed by atoms with Gasteiger partial charge in [-0.3, -0.25) is 19.8 Å². The molecule has 0 radical (unpaired) electrons. The third-order valence-electron chi connectivity index (χ3n) is 7.83. The van der Waals surface area contributed by atoms with Gasteiger partial charge >= 0.3 is 6.03 Å². The molecule has 4 aliphatic carbocycles. The van der Waals surface area contributed by atoms with Crippen molar-refractivity contribution in [3.05, 3.63) is 29.3 Å². The summed E-state index contributed by atoms with van der Waals surface area (Å²) >= 11 is 0. The number of anilines is 1. The van der Waals surface area contributed by atoms with Gasteiger partial charge in [0.05, 0.1) is 12.6 Å². The molecule has 0 heterocycles. The van der Waals surface area contributed by atoms with Crippen LogP contribution in [-0.2, 0) is 9.59 Å². The quantitative estimate of drug-likeness (QED) is 0.633. The van der Waals surface area contributed by atoms with Crippen LogP contribution in [0.2, 0.25) is 0 Å².